The van der Waals surface area contributed by atoms with Crippen LogP contribution in [0.25, 0.3) is 0 Å². The first kappa shape index (κ1) is 13.7. The Kier molecular flexibility index (Phi) is 4.43. The minimum atomic E-state index is -0.312. The van der Waals surface area contributed by atoms with Gasteiger partial charge in [0.25, 0.3) is 5.91 Å². The van der Waals surface area contributed by atoms with Crippen molar-refractivity contribution >= 4 is 11.7 Å². The number of carbonyl (C=O) groups excluding carboxylic acids is 1. The molecule has 0 spiro atoms. The summed E-state index contributed by atoms with van der Waals surface area (Å²) in [6.45, 7) is 1.66. The smallest absolute Gasteiger partial charge is 0.258 e. The van der Waals surface area contributed by atoms with Crippen molar-refractivity contribution in [3.8, 4) is 11.8 Å². The van der Waals surface area contributed by atoms with E-state index in [0.29, 0.717) is 16.9 Å². The molecule has 0 aliphatic carbocycles. The van der Waals surface area contributed by atoms with Crippen molar-refractivity contribution in [2.75, 3.05) is 11.9 Å². The van der Waals surface area contributed by atoms with E-state index in [2.05, 4.69) is 27.1 Å². The van der Waals surface area contributed by atoms with Gasteiger partial charge in [-0.15, -0.1) is 0 Å². The van der Waals surface area contributed by atoms with E-state index in [0.717, 1.165) is 5.56 Å². The minimum Gasteiger partial charge on any atom is -0.384 e. The normalized spacial score (nSPS) is 9.50. The summed E-state index contributed by atoms with van der Waals surface area (Å²) in [6.07, 6.45) is 4.49. The van der Waals surface area contributed by atoms with E-state index in [4.69, 9.17) is 5.11 Å². The van der Waals surface area contributed by atoms with Crippen molar-refractivity contribution in [3.63, 3.8) is 0 Å². The summed E-state index contributed by atoms with van der Waals surface area (Å²) in [5.74, 6) is 5.38. The predicted octanol–water partition coefficient (Wildman–Crippen LogP) is 1.38. The number of benzene rings is 1. The Morgan fingerprint density at radius 2 is 2.25 bits per heavy atom. The van der Waals surface area contributed by atoms with Gasteiger partial charge >= 0.3 is 0 Å². The van der Waals surface area contributed by atoms with Gasteiger partial charge in [-0.1, -0.05) is 17.9 Å². The fourth-order valence-corrected chi connectivity index (χ4v) is 1.64. The quantitative estimate of drug-likeness (QED) is 0.806. The van der Waals surface area contributed by atoms with E-state index >= 15 is 0 Å². The number of aromatic nitrogens is 2. The molecule has 0 aliphatic heterocycles. The molecular formula is C15H13N3O2. The van der Waals surface area contributed by atoms with Crippen LogP contribution in [0.2, 0.25) is 0 Å². The number of aliphatic hydroxyl groups is 1. The van der Waals surface area contributed by atoms with Crippen molar-refractivity contribution in [3.05, 3.63) is 53.5 Å². The lowest BCUT2D eigenvalue weighted by Gasteiger charge is -2.06. The van der Waals surface area contributed by atoms with Gasteiger partial charge in [0.15, 0.2) is 5.82 Å². The van der Waals surface area contributed by atoms with E-state index in [1.54, 1.807) is 12.1 Å². The zero-order valence-electron chi connectivity index (χ0n) is 10.9. The Morgan fingerprint density at radius 3 is 2.95 bits per heavy atom. The lowest BCUT2D eigenvalue weighted by molar-refractivity contribution is 0.102. The first-order valence-corrected chi connectivity index (χ1v) is 5.98. The molecule has 100 valence electrons. The number of hydrogen-bond acceptors (Lipinski definition) is 4. The average molecular weight is 267 g/mol. The second kappa shape index (κ2) is 6.45. The van der Waals surface area contributed by atoms with Crippen LogP contribution >= 0.6 is 0 Å². The number of nitrogens with zero attached hydrogens (tertiary/aromatic N) is 2. The first-order chi connectivity index (χ1) is 9.70. The van der Waals surface area contributed by atoms with Gasteiger partial charge in [-0.2, -0.15) is 0 Å². The number of aryl methyl sites for hydroxylation is 1. The molecule has 2 aromatic rings. The van der Waals surface area contributed by atoms with Crippen LogP contribution < -0.4 is 5.32 Å². The zero-order valence-corrected chi connectivity index (χ0v) is 10.9. The fourth-order valence-electron chi connectivity index (χ4n) is 1.64. The van der Waals surface area contributed by atoms with Crippen LogP contribution in [0.5, 0.6) is 0 Å². The van der Waals surface area contributed by atoms with E-state index in [1.807, 2.05) is 13.0 Å². The van der Waals surface area contributed by atoms with Crippen LogP contribution in [0, 0.1) is 18.8 Å². The highest BCUT2D eigenvalue weighted by Crippen LogP contribution is 2.12. The Labute approximate surface area is 116 Å². The molecule has 0 atom stereocenters. The van der Waals surface area contributed by atoms with Crippen molar-refractivity contribution in [1.29, 1.82) is 0 Å². The second-order valence-corrected chi connectivity index (χ2v) is 4.05. The van der Waals surface area contributed by atoms with Crippen LogP contribution in [0.1, 0.15) is 21.5 Å². The third-order valence-corrected chi connectivity index (χ3v) is 2.53. The predicted molar refractivity (Wildman–Crippen MR) is 75.1 cm³/mol. The molecule has 2 N–H and O–H groups in total. The number of nitrogens with one attached hydrogen (secondary N) is 1. The van der Waals surface area contributed by atoms with Crippen LogP contribution in [-0.4, -0.2) is 27.6 Å². The maximum atomic E-state index is 12.2. The molecule has 0 aliphatic rings. The largest absolute Gasteiger partial charge is 0.384 e. The van der Waals surface area contributed by atoms with Crippen molar-refractivity contribution < 1.29 is 9.90 Å². The third-order valence-electron chi connectivity index (χ3n) is 2.53. The Bertz CT molecular complexity index is 673. The fraction of sp³-hybridized carbons (Fsp3) is 0.133. The van der Waals surface area contributed by atoms with Gasteiger partial charge in [-0.3, -0.25) is 9.78 Å². The molecule has 5 heteroatoms. The van der Waals surface area contributed by atoms with Crippen LogP contribution in [0.4, 0.5) is 5.82 Å². The van der Waals surface area contributed by atoms with Gasteiger partial charge < -0.3 is 10.4 Å². The molecule has 0 saturated carbocycles. The number of anilines is 1. The number of carbonyl (C=O) groups is 1. The van der Waals surface area contributed by atoms with Crippen molar-refractivity contribution in [2.45, 2.75) is 6.92 Å². The van der Waals surface area contributed by atoms with Crippen LogP contribution in [0.15, 0.2) is 36.8 Å². The lowest BCUT2D eigenvalue weighted by atomic mass is 10.0. The molecule has 0 unspecified atom stereocenters. The molecule has 0 radical (unpaired) electrons. The molecular weight excluding hydrogens is 254 g/mol. The molecule has 2 rings (SSSR count). The topological polar surface area (TPSA) is 75.1 Å². The monoisotopic (exact) mass is 267 g/mol. The Morgan fingerprint density at radius 1 is 1.40 bits per heavy atom. The first-order valence-electron chi connectivity index (χ1n) is 5.98. The van der Waals surface area contributed by atoms with Crippen molar-refractivity contribution in [2.24, 2.45) is 0 Å². The third kappa shape index (κ3) is 3.40. The summed E-state index contributed by atoms with van der Waals surface area (Å²) >= 11 is 0. The highest BCUT2D eigenvalue weighted by atomic mass is 16.2. The molecule has 0 fully saturated rings. The van der Waals surface area contributed by atoms with Gasteiger partial charge in [-0.05, 0) is 24.6 Å². The van der Waals surface area contributed by atoms with E-state index in [9.17, 15) is 4.79 Å². The molecule has 0 saturated heterocycles. The van der Waals surface area contributed by atoms with Gasteiger partial charge in [0.1, 0.15) is 6.61 Å². The number of rotatable bonds is 2. The average Bonchev–Trinajstić information content (AvgIpc) is 2.46. The number of amides is 1. The van der Waals surface area contributed by atoms with Gasteiger partial charge in [0.2, 0.25) is 0 Å². The summed E-state index contributed by atoms with van der Waals surface area (Å²) in [5, 5.41) is 11.4. The molecule has 20 heavy (non-hydrogen) atoms. The van der Waals surface area contributed by atoms with E-state index in [-0.39, 0.29) is 12.5 Å². The van der Waals surface area contributed by atoms with Crippen molar-refractivity contribution in [1.82, 2.24) is 9.97 Å². The van der Waals surface area contributed by atoms with Gasteiger partial charge in [0.05, 0.1) is 11.8 Å². The number of hydrogen-bond donors (Lipinski definition) is 2. The van der Waals surface area contributed by atoms with Gasteiger partial charge in [-0.25, -0.2) is 4.98 Å². The SMILES string of the molecule is Cc1ccc(C(=O)Nc2cnccn2)c(C#CCO)c1. The Balaban J connectivity index is 2.30. The van der Waals surface area contributed by atoms with E-state index < -0.39 is 0 Å². The standard InChI is InChI=1S/C15H13N3O2/c1-11-4-5-13(12(9-11)3-2-8-19)15(20)18-14-10-16-6-7-17-14/h4-7,9-10,19H,8H2,1H3,(H,17,18,20). The molecule has 1 amide bonds. The van der Waals surface area contributed by atoms with Gasteiger partial charge in [0, 0.05) is 18.0 Å². The summed E-state index contributed by atoms with van der Waals surface area (Å²) in [7, 11) is 0. The molecule has 5 nitrogen and oxygen atoms in total. The highest BCUT2D eigenvalue weighted by Gasteiger charge is 2.11. The molecule has 1 aromatic carbocycles. The Hall–Kier alpha value is -2.71. The maximum Gasteiger partial charge on any atom is 0.258 e. The summed E-state index contributed by atoms with van der Waals surface area (Å²) in [5.41, 5.74) is 1.99. The minimum absolute atomic E-state index is 0.251. The van der Waals surface area contributed by atoms with Crippen LogP contribution in [0.3, 0.4) is 0 Å². The second-order valence-electron chi connectivity index (χ2n) is 4.05. The summed E-state index contributed by atoms with van der Waals surface area (Å²) < 4.78 is 0. The highest BCUT2D eigenvalue weighted by molar-refractivity contribution is 6.05. The molecule has 1 heterocycles. The lowest BCUT2D eigenvalue weighted by Crippen LogP contribution is -2.14. The summed E-state index contributed by atoms with van der Waals surface area (Å²) in [4.78, 5) is 20.1. The molecule has 0 bridgehead atoms. The molecule has 1 aromatic heterocycles. The van der Waals surface area contributed by atoms with Crippen LogP contribution in [-0.2, 0) is 0 Å². The van der Waals surface area contributed by atoms with E-state index in [1.165, 1.54) is 18.6 Å². The maximum absolute atomic E-state index is 12.2. The summed E-state index contributed by atoms with van der Waals surface area (Å²) in [6, 6.07) is 5.33. The number of aliphatic hydroxyl groups excluding tert-OH is 1. The zero-order chi connectivity index (χ0) is 14.4.